The Morgan fingerprint density at radius 3 is 2.78 bits per heavy atom. The van der Waals surface area contributed by atoms with E-state index in [2.05, 4.69) is 18.3 Å². The topological polar surface area (TPSA) is 12.0 Å². The van der Waals surface area contributed by atoms with Crippen molar-refractivity contribution in [2.45, 2.75) is 70.3 Å². The molecule has 2 unspecified atom stereocenters. The van der Waals surface area contributed by atoms with Crippen molar-refractivity contribution in [2.24, 2.45) is 5.92 Å². The molecule has 0 radical (unpaired) electrons. The van der Waals surface area contributed by atoms with E-state index in [0.717, 1.165) is 19.4 Å². The van der Waals surface area contributed by atoms with Gasteiger partial charge in [-0.05, 0) is 51.5 Å². The number of allylic oxidation sites excluding steroid dienone is 1. The first kappa shape index (κ1) is 14.0. The normalized spacial score (nSPS) is 33.4. The fourth-order valence-corrected chi connectivity index (χ4v) is 3.31. The van der Waals surface area contributed by atoms with E-state index >= 15 is 0 Å². The van der Waals surface area contributed by atoms with Crippen molar-refractivity contribution in [3.63, 3.8) is 0 Å². The summed E-state index contributed by atoms with van der Waals surface area (Å²) < 4.78 is 26.6. The smallest absolute Gasteiger partial charge is 0.248 e. The predicted molar refractivity (Wildman–Crippen MR) is 70.9 cm³/mol. The van der Waals surface area contributed by atoms with Gasteiger partial charge in [-0.15, -0.1) is 0 Å². The van der Waals surface area contributed by atoms with Gasteiger partial charge >= 0.3 is 0 Å². The monoisotopic (exact) mass is 257 g/mol. The Bertz CT molecular complexity index is 293. The molecule has 2 aliphatic rings. The first-order valence-corrected chi connectivity index (χ1v) is 7.34. The standard InChI is InChI=1S/C15H25F2N/c1-12(10-14-6-2-3-8-18-14)9-13-5-4-7-15(16,17)11-13/h9,13-14,18H,2-8,10-11H2,1H3. The summed E-state index contributed by atoms with van der Waals surface area (Å²) in [5.41, 5.74) is 1.29. The zero-order chi connectivity index (χ0) is 13.0. The van der Waals surface area contributed by atoms with Crippen LogP contribution in [0.3, 0.4) is 0 Å². The third-order valence-electron chi connectivity index (χ3n) is 4.18. The second-order valence-electron chi connectivity index (χ2n) is 6.08. The van der Waals surface area contributed by atoms with Crippen LogP contribution in [0.1, 0.15) is 58.3 Å². The summed E-state index contributed by atoms with van der Waals surface area (Å²) in [6.45, 7) is 3.21. The van der Waals surface area contributed by atoms with E-state index in [-0.39, 0.29) is 18.8 Å². The van der Waals surface area contributed by atoms with Crippen molar-refractivity contribution in [1.82, 2.24) is 5.32 Å². The highest BCUT2D eigenvalue weighted by atomic mass is 19.3. The van der Waals surface area contributed by atoms with E-state index < -0.39 is 5.92 Å². The van der Waals surface area contributed by atoms with Crippen LogP contribution >= 0.6 is 0 Å². The maximum atomic E-state index is 13.3. The molecule has 1 nitrogen and oxygen atoms in total. The van der Waals surface area contributed by atoms with Gasteiger partial charge in [-0.2, -0.15) is 0 Å². The highest BCUT2D eigenvalue weighted by molar-refractivity contribution is 5.05. The van der Waals surface area contributed by atoms with Gasteiger partial charge in [0.2, 0.25) is 5.92 Å². The summed E-state index contributed by atoms with van der Waals surface area (Å²) in [4.78, 5) is 0. The number of halogens is 2. The summed E-state index contributed by atoms with van der Waals surface area (Å²) in [6.07, 6.45) is 8.69. The van der Waals surface area contributed by atoms with E-state index in [4.69, 9.17) is 0 Å². The number of rotatable bonds is 3. The molecule has 0 aromatic rings. The summed E-state index contributed by atoms with van der Waals surface area (Å²) in [5.74, 6) is -2.33. The van der Waals surface area contributed by atoms with Crippen LogP contribution in [0.4, 0.5) is 8.78 Å². The first-order chi connectivity index (χ1) is 8.55. The van der Waals surface area contributed by atoms with Crippen LogP contribution in [0.15, 0.2) is 11.6 Å². The fraction of sp³-hybridized carbons (Fsp3) is 0.867. The van der Waals surface area contributed by atoms with Crippen LogP contribution in [-0.2, 0) is 0 Å². The van der Waals surface area contributed by atoms with Crippen LogP contribution in [0.5, 0.6) is 0 Å². The van der Waals surface area contributed by atoms with E-state index in [0.29, 0.717) is 12.5 Å². The number of nitrogens with one attached hydrogen (secondary N) is 1. The van der Waals surface area contributed by atoms with Crippen molar-refractivity contribution in [2.75, 3.05) is 6.54 Å². The van der Waals surface area contributed by atoms with Gasteiger partial charge in [-0.1, -0.05) is 18.1 Å². The summed E-state index contributed by atoms with van der Waals surface area (Å²) in [5, 5.41) is 3.51. The van der Waals surface area contributed by atoms with E-state index in [1.54, 1.807) is 0 Å². The summed E-state index contributed by atoms with van der Waals surface area (Å²) >= 11 is 0. The van der Waals surface area contributed by atoms with Gasteiger partial charge in [0.05, 0.1) is 0 Å². The molecule has 0 aromatic heterocycles. The maximum Gasteiger partial charge on any atom is 0.248 e. The Morgan fingerprint density at radius 1 is 1.28 bits per heavy atom. The molecule has 1 heterocycles. The van der Waals surface area contributed by atoms with Gasteiger partial charge in [-0.3, -0.25) is 0 Å². The molecule has 1 aliphatic carbocycles. The molecule has 2 atom stereocenters. The fourth-order valence-electron chi connectivity index (χ4n) is 3.31. The van der Waals surface area contributed by atoms with Crippen LogP contribution in [0.25, 0.3) is 0 Å². The second-order valence-corrected chi connectivity index (χ2v) is 6.08. The Kier molecular flexibility index (Phi) is 4.77. The lowest BCUT2D eigenvalue weighted by atomic mass is 9.84. The number of hydrogen-bond acceptors (Lipinski definition) is 1. The second kappa shape index (κ2) is 6.14. The number of hydrogen-bond donors (Lipinski definition) is 1. The number of alkyl halides is 2. The molecule has 2 rings (SSSR count). The molecule has 1 aliphatic heterocycles. The Labute approximate surface area is 109 Å². The zero-order valence-electron chi connectivity index (χ0n) is 11.4. The van der Waals surface area contributed by atoms with Gasteiger partial charge in [-0.25, -0.2) is 8.78 Å². The molecule has 3 heteroatoms. The van der Waals surface area contributed by atoms with Gasteiger partial charge in [0, 0.05) is 18.9 Å². The Morgan fingerprint density at radius 2 is 2.11 bits per heavy atom. The van der Waals surface area contributed by atoms with Crippen molar-refractivity contribution >= 4 is 0 Å². The van der Waals surface area contributed by atoms with Gasteiger partial charge < -0.3 is 5.32 Å². The number of piperidine rings is 1. The van der Waals surface area contributed by atoms with Gasteiger partial charge in [0.1, 0.15) is 0 Å². The third-order valence-corrected chi connectivity index (χ3v) is 4.18. The van der Waals surface area contributed by atoms with Crippen LogP contribution in [0, 0.1) is 5.92 Å². The largest absolute Gasteiger partial charge is 0.314 e. The van der Waals surface area contributed by atoms with Crippen LogP contribution in [-0.4, -0.2) is 18.5 Å². The molecule has 1 N–H and O–H groups in total. The molecule has 1 saturated heterocycles. The third kappa shape index (κ3) is 4.34. The van der Waals surface area contributed by atoms with Gasteiger partial charge in [0.15, 0.2) is 0 Å². The molecule has 18 heavy (non-hydrogen) atoms. The lowest BCUT2D eigenvalue weighted by Crippen LogP contribution is -2.34. The molecule has 0 amide bonds. The zero-order valence-corrected chi connectivity index (χ0v) is 11.4. The van der Waals surface area contributed by atoms with E-state index in [1.807, 2.05) is 0 Å². The van der Waals surface area contributed by atoms with Crippen LogP contribution < -0.4 is 5.32 Å². The highest BCUT2D eigenvalue weighted by Crippen LogP contribution is 2.37. The van der Waals surface area contributed by atoms with E-state index in [1.165, 1.54) is 24.8 Å². The van der Waals surface area contributed by atoms with Gasteiger partial charge in [0.25, 0.3) is 0 Å². The Balaban J connectivity index is 1.83. The molecular weight excluding hydrogens is 232 g/mol. The average Bonchev–Trinajstić information content (AvgIpc) is 2.28. The highest BCUT2D eigenvalue weighted by Gasteiger charge is 2.35. The Hall–Kier alpha value is -0.440. The van der Waals surface area contributed by atoms with E-state index in [9.17, 15) is 8.78 Å². The molecular formula is C15H25F2N. The SMILES string of the molecule is CC(=CC1CCCC(F)(F)C1)CC1CCCCN1. The predicted octanol–water partition coefficient (Wildman–Crippen LogP) is 4.29. The molecule has 1 saturated carbocycles. The molecule has 104 valence electrons. The lowest BCUT2D eigenvalue weighted by molar-refractivity contribution is -0.0454. The quantitative estimate of drug-likeness (QED) is 0.744. The summed E-state index contributed by atoms with van der Waals surface area (Å²) in [6, 6.07) is 0.569. The first-order valence-electron chi connectivity index (χ1n) is 7.34. The van der Waals surface area contributed by atoms with Crippen molar-refractivity contribution in [3.8, 4) is 0 Å². The lowest BCUT2D eigenvalue weighted by Gasteiger charge is -2.28. The van der Waals surface area contributed by atoms with Crippen molar-refractivity contribution in [3.05, 3.63) is 11.6 Å². The van der Waals surface area contributed by atoms with Crippen LogP contribution in [0.2, 0.25) is 0 Å². The molecule has 2 fully saturated rings. The molecule has 0 spiro atoms. The molecule has 0 aromatic carbocycles. The summed E-state index contributed by atoms with van der Waals surface area (Å²) in [7, 11) is 0. The van der Waals surface area contributed by atoms with Crippen molar-refractivity contribution < 1.29 is 8.78 Å². The minimum atomic E-state index is -2.43. The minimum absolute atomic E-state index is 0.0580. The average molecular weight is 257 g/mol. The maximum absolute atomic E-state index is 13.3. The molecule has 0 bridgehead atoms. The van der Waals surface area contributed by atoms with Crippen molar-refractivity contribution in [1.29, 1.82) is 0 Å². The minimum Gasteiger partial charge on any atom is -0.314 e.